The Morgan fingerprint density at radius 1 is 1.32 bits per heavy atom. The number of hydrogen-bond acceptors (Lipinski definition) is 3. The SMILES string of the molecule is Cc1ccccc1CC(=O)NCCC1OCCCO1. The minimum absolute atomic E-state index is 0.0464. The predicted molar refractivity (Wildman–Crippen MR) is 72.8 cm³/mol. The van der Waals surface area contributed by atoms with E-state index in [1.807, 2.05) is 31.2 Å². The minimum atomic E-state index is -0.160. The number of aryl methyl sites for hydroxylation is 1. The summed E-state index contributed by atoms with van der Waals surface area (Å²) in [6.45, 7) is 4.12. The number of hydrogen-bond donors (Lipinski definition) is 1. The second-order valence-corrected chi connectivity index (χ2v) is 4.77. The number of rotatable bonds is 5. The molecule has 104 valence electrons. The zero-order valence-corrected chi connectivity index (χ0v) is 11.4. The minimum Gasteiger partial charge on any atom is -0.356 e. The van der Waals surface area contributed by atoms with Crippen molar-refractivity contribution in [2.24, 2.45) is 0 Å². The third-order valence-corrected chi connectivity index (χ3v) is 3.21. The van der Waals surface area contributed by atoms with Crippen molar-refractivity contribution in [3.63, 3.8) is 0 Å². The van der Waals surface area contributed by atoms with Crippen molar-refractivity contribution in [3.05, 3.63) is 35.4 Å². The van der Waals surface area contributed by atoms with Gasteiger partial charge in [0, 0.05) is 13.0 Å². The number of ether oxygens (including phenoxy) is 2. The van der Waals surface area contributed by atoms with Crippen LogP contribution in [0, 0.1) is 6.92 Å². The molecule has 4 nitrogen and oxygen atoms in total. The van der Waals surface area contributed by atoms with Gasteiger partial charge >= 0.3 is 0 Å². The van der Waals surface area contributed by atoms with Gasteiger partial charge in [-0.2, -0.15) is 0 Å². The third-order valence-electron chi connectivity index (χ3n) is 3.21. The monoisotopic (exact) mass is 263 g/mol. The fourth-order valence-electron chi connectivity index (χ4n) is 2.08. The first-order valence-corrected chi connectivity index (χ1v) is 6.80. The standard InChI is InChI=1S/C15H21NO3/c1-12-5-2-3-6-13(12)11-14(17)16-8-7-15-18-9-4-10-19-15/h2-3,5-6,15H,4,7-11H2,1H3,(H,16,17). The maximum atomic E-state index is 11.8. The third kappa shape index (κ3) is 4.65. The van der Waals surface area contributed by atoms with Gasteiger partial charge in [-0.3, -0.25) is 4.79 Å². The molecule has 1 fully saturated rings. The molecule has 0 aliphatic carbocycles. The molecule has 1 N–H and O–H groups in total. The maximum Gasteiger partial charge on any atom is 0.224 e. The van der Waals surface area contributed by atoms with Crippen LogP contribution in [0.15, 0.2) is 24.3 Å². The molecule has 1 aliphatic heterocycles. The average molecular weight is 263 g/mol. The Kier molecular flexibility index (Phi) is 5.36. The molecule has 19 heavy (non-hydrogen) atoms. The van der Waals surface area contributed by atoms with Gasteiger partial charge in [-0.15, -0.1) is 0 Å². The number of benzene rings is 1. The van der Waals surface area contributed by atoms with Gasteiger partial charge in [-0.05, 0) is 24.5 Å². The van der Waals surface area contributed by atoms with E-state index >= 15 is 0 Å². The van der Waals surface area contributed by atoms with Crippen LogP contribution >= 0.6 is 0 Å². The molecule has 0 radical (unpaired) electrons. The number of amides is 1. The first kappa shape index (κ1) is 14.0. The van der Waals surface area contributed by atoms with Crippen molar-refractivity contribution in [3.8, 4) is 0 Å². The van der Waals surface area contributed by atoms with E-state index in [2.05, 4.69) is 5.32 Å². The fourth-order valence-corrected chi connectivity index (χ4v) is 2.08. The molecule has 2 rings (SSSR count). The van der Waals surface area contributed by atoms with Crippen molar-refractivity contribution in [2.75, 3.05) is 19.8 Å². The molecule has 1 aromatic rings. The van der Waals surface area contributed by atoms with Crippen LogP contribution in [0.4, 0.5) is 0 Å². The summed E-state index contributed by atoms with van der Waals surface area (Å²) in [5, 5.41) is 2.91. The highest BCUT2D eigenvalue weighted by Crippen LogP contribution is 2.09. The fraction of sp³-hybridized carbons (Fsp3) is 0.533. The lowest BCUT2D eigenvalue weighted by Gasteiger charge is -2.23. The molecule has 1 amide bonds. The second-order valence-electron chi connectivity index (χ2n) is 4.77. The van der Waals surface area contributed by atoms with Gasteiger partial charge in [-0.1, -0.05) is 24.3 Å². The van der Waals surface area contributed by atoms with E-state index in [0.29, 0.717) is 19.4 Å². The molecule has 1 aromatic carbocycles. The van der Waals surface area contributed by atoms with Crippen LogP contribution in [0.25, 0.3) is 0 Å². The lowest BCUT2D eigenvalue weighted by Crippen LogP contribution is -2.32. The summed E-state index contributed by atoms with van der Waals surface area (Å²) in [6, 6.07) is 7.95. The Morgan fingerprint density at radius 3 is 2.79 bits per heavy atom. The summed E-state index contributed by atoms with van der Waals surface area (Å²) in [7, 11) is 0. The maximum absolute atomic E-state index is 11.8. The Bertz CT molecular complexity index is 414. The van der Waals surface area contributed by atoms with Crippen molar-refractivity contribution in [1.82, 2.24) is 5.32 Å². The van der Waals surface area contributed by atoms with Gasteiger partial charge in [-0.25, -0.2) is 0 Å². The largest absolute Gasteiger partial charge is 0.356 e. The molecule has 0 unspecified atom stereocenters. The Hall–Kier alpha value is -1.39. The van der Waals surface area contributed by atoms with Crippen LogP contribution in [0.1, 0.15) is 24.0 Å². The molecule has 4 heteroatoms. The summed E-state index contributed by atoms with van der Waals surface area (Å²) >= 11 is 0. The average Bonchev–Trinajstić information content (AvgIpc) is 2.43. The zero-order valence-electron chi connectivity index (χ0n) is 11.4. The molecule has 1 aliphatic rings. The molecule has 0 aromatic heterocycles. The molecule has 0 spiro atoms. The van der Waals surface area contributed by atoms with E-state index < -0.39 is 0 Å². The Morgan fingerprint density at radius 2 is 2.05 bits per heavy atom. The highest BCUT2D eigenvalue weighted by Gasteiger charge is 2.14. The molecule has 1 heterocycles. The second kappa shape index (κ2) is 7.26. The normalized spacial score (nSPS) is 16.3. The smallest absolute Gasteiger partial charge is 0.224 e. The van der Waals surface area contributed by atoms with Crippen LogP contribution in [0.5, 0.6) is 0 Å². The summed E-state index contributed by atoms with van der Waals surface area (Å²) in [5.74, 6) is 0.0464. The van der Waals surface area contributed by atoms with Crippen LogP contribution in [-0.4, -0.2) is 32.0 Å². The predicted octanol–water partition coefficient (Wildman–Crippen LogP) is 1.81. The molecule has 0 atom stereocenters. The number of carbonyl (C=O) groups excluding carboxylic acids is 1. The first-order chi connectivity index (χ1) is 9.25. The van der Waals surface area contributed by atoms with Crippen LogP contribution in [-0.2, 0) is 20.7 Å². The quantitative estimate of drug-likeness (QED) is 0.881. The van der Waals surface area contributed by atoms with E-state index in [1.54, 1.807) is 0 Å². The lowest BCUT2D eigenvalue weighted by molar-refractivity contribution is -0.180. The zero-order chi connectivity index (χ0) is 13.5. The van der Waals surface area contributed by atoms with Crippen molar-refractivity contribution < 1.29 is 14.3 Å². The van der Waals surface area contributed by atoms with Gasteiger partial charge < -0.3 is 14.8 Å². The van der Waals surface area contributed by atoms with Gasteiger partial charge in [0.25, 0.3) is 0 Å². The van der Waals surface area contributed by atoms with Crippen molar-refractivity contribution in [2.45, 2.75) is 32.5 Å². The Balaban J connectivity index is 1.68. The van der Waals surface area contributed by atoms with Crippen LogP contribution in [0.2, 0.25) is 0 Å². The summed E-state index contributed by atoms with van der Waals surface area (Å²) in [5.41, 5.74) is 2.22. The lowest BCUT2D eigenvalue weighted by atomic mass is 10.1. The molecule has 0 saturated carbocycles. The van der Waals surface area contributed by atoms with Gasteiger partial charge in [0.15, 0.2) is 6.29 Å². The molecular weight excluding hydrogens is 242 g/mol. The molecular formula is C15H21NO3. The van der Waals surface area contributed by atoms with Crippen molar-refractivity contribution >= 4 is 5.91 Å². The molecule has 0 bridgehead atoms. The highest BCUT2D eigenvalue weighted by molar-refractivity contribution is 5.78. The summed E-state index contributed by atoms with van der Waals surface area (Å²) < 4.78 is 10.8. The van der Waals surface area contributed by atoms with Crippen molar-refractivity contribution in [1.29, 1.82) is 0 Å². The van der Waals surface area contributed by atoms with Gasteiger partial charge in [0.05, 0.1) is 19.6 Å². The van der Waals surface area contributed by atoms with E-state index in [1.165, 1.54) is 0 Å². The van der Waals surface area contributed by atoms with Crippen LogP contribution in [0.3, 0.4) is 0 Å². The topological polar surface area (TPSA) is 47.6 Å². The van der Waals surface area contributed by atoms with Gasteiger partial charge in [0.1, 0.15) is 0 Å². The van der Waals surface area contributed by atoms with E-state index in [4.69, 9.17) is 9.47 Å². The number of carbonyl (C=O) groups is 1. The van der Waals surface area contributed by atoms with Gasteiger partial charge in [0.2, 0.25) is 5.91 Å². The highest BCUT2D eigenvalue weighted by atomic mass is 16.7. The summed E-state index contributed by atoms with van der Waals surface area (Å²) in [6.07, 6.45) is 1.93. The number of nitrogens with one attached hydrogen (secondary N) is 1. The van der Waals surface area contributed by atoms with E-state index in [-0.39, 0.29) is 12.2 Å². The first-order valence-electron chi connectivity index (χ1n) is 6.80. The summed E-state index contributed by atoms with van der Waals surface area (Å²) in [4.78, 5) is 11.8. The van der Waals surface area contributed by atoms with Crippen LogP contribution < -0.4 is 5.32 Å². The van der Waals surface area contributed by atoms with E-state index in [9.17, 15) is 4.79 Å². The molecule has 1 saturated heterocycles. The Labute approximate surface area is 114 Å². The van der Waals surface area contributed by atoms with E-state index in [0.717, 1.165) is 30.8 Å².